The largest absolute Gasteiger partial charge is 0.465 e. The van der Waals surface area contributed by atoms with Crippen LogP contribution in [0.15, 0.2) is 18.2 Å². The minimum atomic E-state index is -1.13. The predicted octanol–water partition coefficient (Wildman–Crippen LogP) is 4.39. The Kier molecular flexibility index (Phi) is 6.17. The van der Waals surface area contributed by atoms with E-state index in [4.69, 9.17) is 16.3 Å². The van der Waals surface area contributed by atoms with Crippen molar-refractivity contribution < 1.29 is 14.5 Å². The van der Waals surface area contributed by atoms with Gasteiger partial charge >= 0.3 is 5.97 Å². The van der Waals surface area contributed by atoms with Crippen LogP contribution in [0.5, 0.6) is 0 Å². The Bertz CT molecular complexity index is 591. The van der Waals surface area contributed by atoms with E-state index in [0.717, 1.165) is 5.56 Å². The molecule has 0 aliphatic carbocycles. The van der Waals surface area contributed by atoms with Crippen LogP contribution < -0.4 is 0 Å². The van der Waals surface area contributed by atoms with Crippen LogP contribution in [0.4, 0.5) is 5.69 Å². The van der Waals surface area contributed by atoms with Crippen LogP contribution in [0.1, 0.15) is 52.2 Å². The van der Waals surface area contributed by atoms with Crippen molar-refractivity contribution >= 4 is 23.3 Å². The lowest BCUT2D eigenvalue weighted by atomic mass is 9.84. The van der Waals surface area contributed by atoms with E-state index in [1.165, 1.54) is 0 Å². The molecule has 0 amide bonds. The minimum absolute atomic E-state index is 0.0995. The SMILES string of the molecule is CCOC(=O)C(C)(Cl)CCc1ccc(C(C)(C)C)c([N+](=O)[O-])c1. The first kappa shape index (κ1) is 19.4. The number of alkyl halides is 1. The lowest BCUT2D eigenvalue weighted by Crippen LogP contribution is -2.31. The molecule has 1 aromatic carbocycles. The third-order valence-electron chi connectivity index (χ3n) is 3.65. The molecule has 0 aromatic heterocycles. The van der Waals surface area contributed by atoms with Crippen molar-refractivity contribution in [3.63, 3.8) is 0 Å². The molecule has 5 nitrogen and oxygen atoms in total. The summed E-state index contributed by atoms with van der Waals surface area (Å²) in [4.78, 5) is 21.6. The predicted molar refractivity (Wildman–Crippen MR) is 91.0 cm³/mol. The van der Waals surface area contributed by atoms with Gasteiger partial charge in [-0.15, -0.1) is 11.6 Å². The number of esters is 1. The maximum absolute atomic E-state index is 11.8. The summed E-state index contributed by atoms with van der Waals surface area (Å²) in [6, 6.07) is 5.20. The number of nitro benzene ring substituents is 1. The molecule has 0 spiro atoms. The zero-order chi connectivity index (χ0) is 17.8. The van der Waals surface area contributed by atoms with E-state index in [9.17, 15) is 14.9 Å². The van der Waals surface area contributed by atoms with Gasteiger partial charge in [-0.25, -0.2) is 0 Å². The number of nitro groups is 1. The van der Waals surface area contributed by atoms with Crippen LogP contribution in [0.25, 0.3) is 0 Å². The molecule has 1 aromatic rings. The van der Waals surface area contributed by atoms with Crippen LogP contribution in [-0.2, 0) is 21.4 Å². The Labute approximate surface area is 142 Å². The highest BCUT2D eigenvalue weighted by Gasteiger charge is 2.32. The number of aryl methyl sites for hydroxylation is 1. The molecule has 6 heteroatoms. The van der Waals surface area contributed by atoms with Crippen LogP contribution in [-0.4, -0.2) is 22.4 Å². The van der Waals surface area contributed by atoms with Crippen LogP contribution in [0, 0.1) is 10.1 Å². The molecule has 0 radical (unpaired) electrons. The summed E-state index contributed by atoms with van der Waals surface area (Å²) in [5.41, 5.74) is 1.25. The van der Waals surface area contributed by atoms with Crippen molar-refractivity contribution in [2.45, 2.75) is 57.7 Å². The van der Waals surface area contributed by atoms with E-state index in [1.807, 2.05) is 26.8 Å². The first-order chi connectivity index (χ1) is 10.5. The van der Waals surface area contributed by atoms with Gasteiger partial charge in [0.25, 0.3) is 5.69 Å². The smallest absolute Gasteiger partial charge is 0.326 e. The standard InChI is InChI=1S/C17H24ClNO4/c1-6-23-15(20)17(5,18)10-9-12-7-8-13(16(2,3)4)14(11-12)19(21)22/h7-8,11H,6,9-10H2,1-5H3. The molecule has 0 fully saturated rings. The molecule has 0 aliphatic rings. The number of benzene rings is 1. The first-order valence-electron chi connectivity index (χ1n) is 7.63. The highest BCUT2D eigenvalue weighted by molar-refractivity contribution is 6.33. The molecule has 0 heterocycles. The van der Waals surface area contributed by atoms with E-state index in [2.05, 4.69) is 0 Å². The van der Waals surface area contributed by atoms with Gasteiger partial charge in [-0.2, -0.15) is 0 Å². The number of ether oxygens (including phenoxy) is 1. The Balaban J connectivity index is 2.97. The van der Waals surface area contributed by atoms with Crippen LogP contribution >= 0.6 is 11.6 Å². The number of halogens is 1. The molecule has 1 unspecified atom stereocenters. The second-order valence-corrected chi connectivity index (χ2v) is 7.61. The van der Waals surface area contributed by atoms with E-state index < -0.39 is 10.8 Å². The zero-order valence-electron chi connectivity index (χ0n) is 14.3. The molecule has 128 valence electrons. The average Bonchev–Trinajstić information content (AvgIpc) is 2.44. The molecule has 1 rings (SSSR count). The second-order valence-electron chi connectivity index (χ2n) is 6.78. The maximum atomic E-state index is 11.8. The fourth-order valence-corrected chi connectivity index (χ4v) is 2.43. The molecule has 0 N–H and O–H groups in total. The van der Waals surface area contributed by atoms with Gasteiger partial charge in [0, 0.05) is 11.6 Å². The molecule has 0 saturated carbocycles. The van der Waals surface area contributed by atoms with Gasteiger partial charge in [-0.05, 0) is 37.7 Å². The minimum Gasteiger partial charge on any atom is -0.465 e. The summed E-state index contributed by atoms with van der Waals surface area (Å²) in [6.45, 7) is 9.40. The van der Waals surface area contributed by atoms with E-state index >= 15 is 0 Å². The topological polar surface area (TPSA) is 69.4 Å². The number of carbonyl (C=O) groups is 1. The maximum Gasteiger partial charge on any atom is 0.326 e. The molecular formula is C17H24ClNO4. The van der Waals surface area contributed by atoms with Gasteiger partial charge in [0.2, 0.25) is 0 Å². The Morgan fingerprint density at radius 3 is 2.39 bits per heavy atom. The summed E-state index contributed by atoms with van der Waals surface area (Å²) >= 11 is 6.21. The zero-order valence-corrected chi connectivity index (χ0v) is 15.1. The van der Waals surface area contributed by atoms with Crippen molar-refractivity contribution in [2.75, 3.05) is 6.61 Å². The van der Waals surface area contributed by atoms with Crippen molar-refractivity contribution in [1.82, 2.24) is 0 Å². The Morgan fingerprint density at radius 2 is 1.91 bits per heavy atom. The van der Waals surface area contributed by atoms with E-state index in [-0.39, 0.29) is 22.6 Å². The van der Waals surface area contributed by atoms with E-state index in [1.54, 1.807) is 26.0 Å². The second kappa shape index (κ2) is 7.30. The highest BCUT2D eigenvalue weighted by Crippen LogP contribution is 2.33. The van der Waals surface area contributed by atoms with Gasteiger partial charge in [0.15, 0.2) is 0 Å². The first-order valence-corrected chi connectivity index (χ1v) is 8.00. The molecule has 0 bridgehead atoms. The number of hydrogen-bond donors (Lipinski definition) is 0. The molecule has 0 saturated heterocycles. The summed E-state index contributed by atoms with van der Waals surface area (Å²) in [6.07, 6.45) is 0.809. The van der Waals surface area contributed by atoms with Crippen molar-refractivity contribution in [2.24, 2.45) is 0 Å². The third kappa shape index (κ3) is 5.20. The quantitative estimate of drug-likeness (QED) is 0.333. The monoisotopic (exact) mass is 341 g/mol. The van der Waals surface area contributed by atoms with Gasteiger partial charge in [0.1, 0.15) is 4.87 Å². The lowest BCUT2D eigenvalue weighted by molar-refractivity contribution is -0.386. The van der Waals surface area contributed by atoms with Gasteiger partial charge in [0.05, 0.1) is 11.5 Å². The van der Waals surface area contributed by atoms with Crippen molar-refractivity contribution in [3.8, 4) is 0 Å². The van der Waals surface area contributed by atoms with Gasteiger partial charge in [-0.3, -0.25) is 14.9 Å². The molecule has 1 atom stereocenters. The van der Waals surface area contributed by atoms with Crippen LogP contribution in [0.2, 0.25) is 0 Å². The Morgan fingerprint density at radius 1 is 1.30 bits per heavy atom. The number of carbonyl (C=O) groups excluding carboxylic acids is 1. The Hall–Kier alpha value is -1.62. The summed E-state index contributed by atoms with van der Waals surface area (Å²) in [7, 11) is 0. The van der Waals surface area contributed by atoms with Crippen LogP contribution in [0.3, 0.4) is 0 Å². The average molecular weight is 342 g/mol. The van der Waals surface area contributed by atoms with Gasteiger partial charge in [-0.1, -0.05) is 32.9 Å². The highest BCUT2D eigenvalue weighted by atomic mass is 35.5. The third-order valence-corrected chi connectivity index (χ3v) is 3.99. The molecule has 23 heavy (non-hydrogen) atoms. The lowest BCUT2D eigenvalue weighted by Gasteiger charge is -2.21. The summed E-state index contributed by atoms with van der Waals surface area (Å²) in [5.74, 6) is -0.470. The summed E-state index contributed by atoms with van der Waals surface area (Å²) in [5, 5.41) is 11.3. The fraction of sp³-hybridized carbons (Fsp3) is 0.588. The van der Waals surface area contributed by atoms with Crippen molar-refractivity contribution in [1.29, 1.82) is 0 Å². The van der Waals surface area contributed by atoms with Gasteiger partial charge < -0.3 is 4.74 Å². The normalized spacial score (nSPS) is 14.2. The number of rotatable bonds is 6. The number of nitrogens with zero attached hydrogens (tertiary/aromatic N) is 1. The number of hydrogen-bond acceptors (Lipinski definition) is 4. The fourth-order valence-electron chi connectivity index (χ4n) is 2.28. The van der Waals surface area contributed by atoms with Crippen molar-refractivity contribution in [3.05, 3.63) is 39.4 Å². The van der Waals surface area contributed by atoms with E-state index in [0.29, 0.717) is 18.4 Å². The molecular weight excluding hydrogens is 318 g/mol. The summed E-state index contributed by atoms with van der Waals surface area (Å²) < 4.78 is 4.94. The molecule has 0 aliphatic heterocycles.